The van der Waals surface area contributed by atoms with Crippen LogP contribution < -0.4 is 0 Å². The van der Waals surface area contributed by atoms with Gasteiger partial charge in [0.05, 0.1) is 11.4 Å². The predicted octanol–water partition coefficient (Wildman–Crippen LogP) is 6.25. The second-order valence-electron chi connectivity index (χ2n) is 8.23. The van der Waals surface area contributed by atoms with Gasteiger partial charge in [0, 0.05) is 0 Å². The van der Waals surface area contributed by atoms with E-state index in [1.54, 1.807) is 24.3 Å². The Morgan fingerprint density at radius 3 is 1.47 bits per heavy atom. The molecule has 3 aromatic rings. The number of hydrogen-bond acceptors (Lipinski definition) is 3. The number of phenolic OH excluding ortho intramolecular Hbond substituents is 2. The number of phenols is 2. The number of allylic oxidation sites excluding steroid dienone is 2. The molecule has 0 atom stereocenters. The number of fused-ring (bicyclic) bond motifs is 2. The Balaban J connectivity index is 1.57. The van der Waals surface area contributed by atoms with E-state index in [0.717, 1.165) is 61.0 Å². The van der Waals surface area contributed by atoms with E-state index in [-0.39, 0.29) is 11.5 Å². The molecule has 1 aromatic heterocycles. The monoisotopic (exact) mass is 395 g/mol. The maximum absolute atomic E-state index is 9.57. The fourth-order valence-corrected chi connectivity index (χ4v) is 4.54. The number of benzene rings is 2. The summed E-state index contributed by atoms with van der Waals surface area (Å²) >= 11 is 0. The minimum atomic E-state index is 0.289. The number of rotatable bonds is 2. The van der Waals surface area contributed by atoms with E-state index in [4.69, 9.17) is 4.98 Å². The van der Waals surface area contributed by atoms with Crippen molar-refractivity contribution in [1.29, 1.82) is 0 Å². The number of aromatic hydroxyl groups is 2. The standard InChI is InChI=1S/C27H25NO2/c29-24-11-7-18(8-12-24)15-20-3-1-5-22-17-23-6-2-4-21(27(23)28-26(20)22)16-19-9-13-25(30)14-10-19/h7-17,29-30H,1-6H2/b20-15-,21-16+. The van der Waals surface area contributed by atoms with Crippen molar-refractivity contribution >= 4 is 23.3 Å². The highest BCUT2D eigenvalue weighted by Gasteiger charge is 2.22. The molecule has 0 saturated carbocycles. The molecule has 0 bridgehead atoms. The molecule has 0 saturated heterocycles. The van der Waals surface area contributed by atoms with Crippen LogP contribution in [0.15, 0.2) is 54.6 Å². The molecule has 3 nitrogen and oxygen atoms in total. The average molecular weight is 396 g/mol. The van der Waals surface area contributed by atoms with Crippen molar-refractivity contribution in [3.8, 4) is 11.5 Å². The van der Waals surface area contributed by atoms with Crippen molar-refractivity contribution in [2.24, 2.45) is 0 Å². The smallest absolute Gasteiger partial charge is 0.115 e. The second kappa shape index (κ2) is 7.83. The Kier molecular flexibility index (Phi) is 4.88. The molecule has 2 N–H and O–H groups in total. The fourth-order valence-electron chi connectivity index (χ4n) is 4.54. The average Bonchev–Trinajstić information content (AvgIpc) is 2.76. The largest absolute Gasteiger partial charge is 0.508 e. The summed E-state index contributed by atoms with van der Waals surface area (Å²) in [5.41, 5.74) is 9.72. The van der Waals surface area contributed by atoms with Crippen LogP contribution in [0.25, 0.3) is 23.3 Å². The normalized spacial score (nSPS) is 18.3. The first-order valence-electron chi connectivity index (χ1n) is 10.7. The molecule has 3 heteroatoms. The van der Waals surface area contributed by atoms with Gasteiger partial charge in [-0.3, -0.25) is 0 Å². The Labute approximate surface area is 177 Å². The Morgan fingerprint density at radius 2 is 1.03 bits per heavy atom. The minimum Gasteiger partial charge on any atom is -0.508 e. The van der Waals surface area contributed by atoms with Gasteiger partial charge in [-0.2, -0.15) is 0 Å². The van der Waals surface area contributed by atoms with Crippen molar-refractivity contribution in [2.75, 3.05) is 0 Å². The van der Waals surface area contributed by atoms with Gasteiger partial charge in [0.2, 0.25) is 0 Å². The van der Waals surface area contributed by atoms with E-state index >= 15 is 0 Å². The molecule has 0 fully saturated rings. The highest BCUT2D eigenvalue weighted by molar-refractivity contribution is 5.86. The van der Waals surface area contributed by atoms with Crippen LogP contribution in [0.1, 0.15) is 59.3 Å². The second-order valence-corrected chi connectivity index (χ2v) is 8.23. The van der Waals surface area contributed by atoms with Gasteiger partial charge in [-0.05, 0) is 108 Å². The van der Waals surface area contributed by atoms with Gasteiger partial charge in [0.1, 0.15) is 11.5 Å². The predicted molar refractivity (Wildman–Crippen MR) is 122 cm³/mol. The van der Waals surface area contributed by atoms with Gasteiger partial charge in [-0.25, -0.2) is 4.98 Å². The molecule has 0 spiro atoms. The van der Waals surface area contributed by atoms with Crippen molar-refractivity contribution < 1.29 is 10.2 Å². The zero-order chi connectivity index (χ0) is 20.5. The number of aryl methyl sites for hydroxylation is 2. The zero-order valence-electron chi connectivity index (χ0n) is 16.9. The van der Waals surface area contributed by atoms with Crippen LogP contribution in [0, 0.1) is 0 Å². The molecule has 1 heterocycles. The lowest BCUT2D eigenvalue weighted by atomic mass is 9.84. The summed E-state index contributed by atoms with van der Waals surface area (Å²) in [7, 11) is 0. The number of aromatic nitrogens is 1. The summed E-state index contributed by atoms with van der Waals surface area (Å²) in [5, 5.41) is 19.1. The van der Waals surface area contributed by atoms with Gasteiger partial charge in [-0.15, -0.1) is 0 Å². The lowest BCUT2D eigenvalue weighted by molar-refractivity contribution is 0.474. The molecule has 30 heavy (non-hydrogen) atoms. The Hall–Kier alpha value is -3.33. The van der Waals surface area contributed by atoms with Crippen LogP contribution in [0.4, 0.5) is 0 Å². The van der Waals surface area contributed by atoms with Crippen LogP contribution in [0.3, 0.4) is 0 Å². The molecule has 2 aliphatic rings. The minimum absolute atomic E-state index is 0.289. The first-order valence-corrected chi connectivity index (χ1v) is 10.7. The summed E-state index contributed by atoms with van der Waals surface area (Å²) in [4.78, 5) is 5.21. The van der Waals surface area contributed by atoms with Crippen molar-refractivity contribution in [2.45, 2.75) is 38.5 Å². The van der Waals surface area contributed by atoms with Crippen LogP contribution in [-0.2, 0) is 12.8 Å². The summed E-state index contributed by atoms with van der Waals surface area (Å²) in [6, 6.07) is 17.1. The third kappa shape index (κ3) is 3.76. The number of pyridine rings is 1. The van der Waals surface area contributed by atoms with E-state index in [2.05, 4.69) is 18.2 Å². The van der Waals surface area contributed by atoms with Crippen LogP contribution >= 0.6 is 0 Å². The summed E-state index contributed by atoms with van der Waals surface area (Å²) in [5.74, 6) is 0.579. The van der Waals surface area contributed by atoms with Gasteiger partial charge in [0.15, 0.2) is 0 Å². The topological polar surface area (TPSA) is 53.4 Å². The van der Waals surface area contributed by atoms with E-state index in [9.17, 15) is 10.2 Å². The molecular formula is C27H25NO2. The van der Waals surface area contributed by atoms with Crippen LogP contribution in [0.2, 0.25) is 0 Å². The first-order chi connectivity index (χ1) is 14.7. The lowest BCUT2D eigenvalue weighted by Gasteiger charge is -2.25. The number of hydrogen-bond donors (Lipinski definition) is 2. The van der Waals surface area contributed by atoms with E-state index < -0.39 is 0 Å². The molecule has 0 unspecified atom stereocenters. The van der Waals surface area contributed by atoms with Crippen molar-refractivity contribution in [1.82, 2.24) is 4.98 Å². The maximum Gasteiger partial charge on any atom is 0.115 e. The molecule has 5 rings (SSSR count). The highest BCUT2D eigenvalue weighted by atomic mass is 16.3. The lowest BCUT2D eigenvalue weighted by Crippen LogP contribution is -2.12. The van der Waals surface area contributed by atoms with Gasteiger partial charge in [-0.1, -0.05) is 30.3 Å². The Bertz CT molecular complexity index is 1050. The van der Waals surface area contributed by atoms with Crippen LogP contribution in [0.5, 0.6) is 11.5 Å². The fraction of sp³-hybridized carbons (Fsp3) is 0.222. The molecule has 2 aromatic carbocycles. The van der Waals surface area contributed by atoms with Crippen molar-refractivity contribution in [3.05, 3.63) is 88.2 Å². The van der Waals surface area contributed by atoms with E-state index in [0.29, 0.717) is 0 Å². The zero-order valence-corrected chi connectivity index (χ0v) is 16.9. The summed E-state index contributed by atoms with van der Waals surface area (Å²) in [6.45, 7) is 0. The van der Waals surface area contributed by atoms with Gasteiger partial charge < -0.3 is 10.2 Å². The molecular weight excluding hydrogens is 370 g/mol. The molecule has 0 radical (unpaired) electrons. The maximum atomic E-state index is 9.57. The third-order valence-corrected chi connectivity index (χ3v) is 6.04. The summed E-state index contributed by atoms with van der Waals surface area (Å²) < 4.78 is 0. The Morgan fingerprint density at radius 1 is 0.600 bits per heavy atom. The number of nitrogens with zero attached hydrogens (tertiary/aromatic N) is 1. The van der Waals surface area contributed by atoms with Gasteiger partial charge in [0.25, 0.3) is 0 Å². The SMILES string of the molecule is Oc1ccc(/C=C2/CCCc3cc4c(nc32)/C(=C/c2ccc(O)cc2)CCC4)cc1. The molecule has 0 aliphatic heterocycles. The quantitative estimate of drug-likeness (QED) is 0.539. The van der Waals surface area contributed by atoms with E-state index in [1.165, 1.54) is 22.3 Å². The molecule has 150 valence electrons. The molecule has 2 aliphatic carbocycles. The molecule has 0 amide bonds. The first kappa shape index (κ1) is 18.7. The third-order valence-electron chi connectivity index (χ3n) is 6.04. The van der Waals surface area contributed by atoms with Crippen molar-refractivity contribution in [3.63, 3.8) is 0 Å². The van der Waals surface area contributed by atoms with E-state index in [1.807, 2.05) is 24.3 Å². The summed E-state index contributed by atoms with van der Waals surface area (Å²) in [6.07, 6.45) is 10.9. The van der Waals surface area contributed by atoms with Crippen LogP contribution in [-0.4, -0.2) is 15.2 Å². The highest BCUT2D eigenvalue weighted by Crippen LogP contribution is 2.37. The van der Waals surface area contributed by atoms with Gasteiger partial charge >= 0.3 is 0 Å².